The van der Waals surface area contributed by atoms with Crippen molar-refractivity contribution in [3.8, 4) is 17.2 Å². The van der Waals surface area contributed by atoms with Gasteiger partial charge in [0.05, 0.1) is 33.0 Å². The van der Waals surface area contributed by atoms with Gasteiger partial charge >= 0.3 is 0 Å². The van der Waals surface area contributed by atoms with E-state index in [9.17, 15) is 0 Å². The second-order valence-electron chi connectivity index (χ2n) is 8.52. The monoisotopic (exact) mass is 1710 g/mol. The summed E-state index contributed by atoms with van der Waals surface area (Å²) in [5, 5.41) is 61.6. The van der Waals surface area contributed by atoms with E-state index in [1.54, 1.807) is 36.4 Å². The SMILES string of the molecule is OCC(O)COC(CO)COc1ccccc1.OCC(O)COc1ccccc1.OCC(O)COc1ccccc1.[Ac].[Ac].[Ac].[Ac].[Ac]. The average Bonchev–Trinajstić information content (AvgIpc) is 3.04. The van der Waals surface area contributed by atoms with Crippen LogP contribution >= 0.6 is 0 Å². The third-order valence-electron chi connectivity index (χ3n) is 4.91. The van der Waals surface area contributed by atoms with E-state index in [0.29, 0.717) is 17.2 Å². The fourth-order valence-corrected chi connectivity index (χ4v) is 2.68. The summed E-state index contributed by atoms with van der Waals surface area (Å²) in [6, 6.07) is 27.5. The third-order valence-corrected chi connectivity index (χ3v) is 4.91. The van der Waals surface area contributed by atoms with Gasteiger partial charge in [-0.3, -0.25) is 0 Å². The maximum atomic E-state index is 9.09. The predicted octanol–water partition coefficient (Wildman–Crippen LogP) is 0.633. The summed E-state index contributed by atoms with van der Waals surface area (Å²) in [5.41, 5.74) is 0. The molecular weight excluding hydrogens is 1670 g/mol. The zero-order chi connectivity index (χ0) is 30.1. The van der Waals surface area contributed by atoms with E-state index >= 15 is 0 Å². The van der Waals surface area contributed by atoms with Crippen LogP contribution in [0.5, 0.6) is 17.2 Å². The molecule has 0 aromatic heterocycles. The molecule has 5 radical (unpaired) electrons. The molecular formula is C30H42Ac5O11. The molecule has 3 rings (SSSR count). The van der Waals surface area contributed by atoms with Gasteiger partial charge in [-0.1, -0.05) is 54.6 Å². The van der Waals surface area contributed by atoms with Gasteiger partial charge in [-0.05, 0) is 36.4 Å². The number of hydrogen-bond acceptors (Lipinski definition) is 11. The van der Waals surface area contributed by atoms with Crippen molar-refractivity contribution in [1.82, 2.24) is 0 Å². The van der Waals surface area contributed by atoms with Gasteiger partial charge in [-0.25, -0.2) is 0 Å². The van der Waals surface area contributed by atoms with Crippen molar-refractivity contribution in [2.24, 2.45) is 0 Å². The molecule has 4 unspecified atom stereocenters. The molecule has 11 nitrogen and oxygen atoms in total. The minimum Gasteiger partial charge on any atom is -0.491 e. The molecule has 3 aromatic rings. The van der Waals surface area contributed by atoms with Crippen molar-refractivity contribution < 1.29 is 275 Å². The Balaban J connectivity index is -0.000000177. The van der Waals surface area contributed by atoms with Crippen LogP contribution in [0.25, 0.3) is 0 Å². The number of aliphatic hydroxyl groups is 7. The first-order valence-electron chi connectivity index (χ1n) is 13.0. The summed E-state index contributed by atoms with van der Waals surface area (Å²) in [7, 11) is 0. The Bertz CT molecular complexity index is 937. The van der Waals surface area contributed by atoms with E-state index in [2.05, 4.69) is 0 Å². The molecule has 0 saturated carbocycles. The van der Waals surface area contributed by atoms with E-state index in [1.165, 1.54) is 0 Å². The van der Waals surface area contributed by atoms with Crippen LogP contribution < -0.4 is 14.2 Å². The number of rotatable bonds is 16. The standard InChI is InChI=1S/C12H18O5.2C9H12O3.5Ac/c13-6-10(15)8-16-12(7-14)9-17-11-4-2-1-3-5-11;2*10-6-8(11)7-12-9-4-2-1-3-5-9;;;;;/h1-5,10,12-15H,6-9H2;2*1-5,8,10-11H,6-7H2;;;;;. The van der Waals surface area contributed by atoms with Gasteiger partial charge in [-0.15, -0.1) is 0 Å². The van der Waals surface area contributed by atoms with Gasteiger partial charge in [0.15, 0.2) is 0 Å². The van der Waals surface area contributed by atoms with Gasteiger partial charge in [0.1, 0.15) is 61.5 Å². The molecule has 16 heteroatoms. The molecule has 0 fully saturated rings. The van der Waals surface area contributed by atoms with E-state index in [1.807, 2.05) is 54.6 Å². The molecule has 7 N–H and O–H groups in total. The van der Waals surface area contributed by atoms with E-state index in [-0.39, 0.29) is 273 Å². The van der Waals surface area contributed by atoms with Crippen molar-refractivity contribution in [3.63, 3.8) is 0 Å². The van der Waals surface area contributed by atoms with Gasteiger partial charge in [0.2, 0.25) is 0 Å². The van der Waals surface area contributed by atoms with E-state index in [0.717, 1.165) is 0 Å². The molecule has 0 aliphatic heterocycles. The zero-order valence-corrected chi connectivity index (χ0v) is 49.5. The molecule has 0 bridgehead atoms. The second-order valence-corrected chi connectivity index (χ2v) is 8.52. The van der Waals surface area contributed by atoms with Crippen molar-refractivity contribution in [2.75, 3.05) is 52.9 Å². The Hall–Kier alpha value is 3.95. The van der Waals surface area contributed by atoms with Crippen molar-refractivity contribution >= 4 is 0 Å². The summed E-state index contributed by atoms with van der Waals surface area (Å²) in [6.07, 6.45) is -3.05. The number of hydrogen-bond donors (Lipinski definition) is 7. The van der Waals surface area contributed by atoms with Gasteiger partial charge in [0.25, 0.3) is 0 Å². The van der Waals surface area contributed by atoms with Crippen LogP contribution in [0.15, 0.2) is 91.0 Å². The van der Waals surface area contributed by atoms with Crippen LogP contribution in [0, 0.1) is 220 Å². The zero-order valence-electron chi connectivity index (χ0n) is 25.8. The van der Waals surface area contributed by atoms with Crippen LogP contribution in [0.1, 0.15) is 0 Å². The maximum absolute atomic E-state index is 9.09. The van der Waals surface area contributed by atoms with Gasteiger partial charge in [-0.2, -0.15) is 0 Å². The van der Waals surface area contributed by atoms with Crippen LogP contribution in [0.4, 0.5) is 0 Å². The second kappa shape index (κ2) is 41.7. The van der Waals surface area contributed by atoms with Gasteiger partial charge < -0.3 is 54.7 Å². The van der Waals surface area contributed by atoms with Crippen LogP contribution in [0.2, 0.25) is 0 Å². The number of aliphatic hydroxyl groups excluding tert-OH is 7. The van der Waals surface area contributed by atoms with Crippen molar-refractivity contribution in [2.45, 2.75) is 24.4 Å². The maximum Gasteiger partial charge on any atom is 0.119 e. The summed E-state index contributed by atoms with van der Waals surface area (Å²) in [4.78, 5) is 0. The summed E-state index contributed by atoms with van der Waals surface area (Å²) >= 11 is 0. The molecule has 0 amide bonds. The third kappa shape index (κ3) is 33.8. The Morgan fingerprint density at radius 2 is 0.674 bits per heavy atom. The van der Waals surface area contributed by atoms with E-state index < -0.39 is 24.4 Å². The molecule has 4 atom stereocenters. The van der Waals surface area contributed by atoms with E-state index in [4.69, 9.17) is 54.7 Å². The average molecular weight is 1710 g/mol. The Morgan fingerprint density at radius 3 is 0.957 bits per heavy atom. The molecule has 3 aromatic carbocycles. The van der Waals surface area contributed by atoms with Crippen molar-refractivity contribution in [3.05, 3.63) is 91.0 Å². The molecule has 0 aliphatic carbocycles. The van der Waals surface area contributed by atoms with Crippen molar-refractivity contribution in [1.29, 1.82) is 0 Å². The molecule has 0 saturated heterocycles. The Labute approximate surface area is 450 Å². The fourth-order valence-electron chi connectivity index (χ4n) is 2.68. The first-order valence-corrected chi connectivity index (χ1v) is 13.0. The summed E-state index contributed by atoms with van der Waals surface area (Å²) < 4.78 is 20.9. The quantitative estimate of drug-likeness (QED) is 0.107. The number of para-hydroxylation sites is 3. The van der Waals surface area contributed by atoms with Gasteiger partial charge in [0, 0.05) is 220 Å². The largest absolute Gasteiger partial charge is 0.491 e. The molecule has 0 heterocycles. The minimum atomic E-state index is -0.930. The normalized spacial score (nSPS) is 11.8. The molecule has 0 aliphatic rings. The molecule has 0 spiro atoms. The Kier molecular flexibility index (Phi) is 53.7. The molecule has 46 heavy (non-hydrogen) atoms. The van der Waals surface area contributed by atoms with Crippen LogP contribution in [-0.2, 0) is 4.74 Å². The first-order chi connectivity index (χ1) is 19.9. The van der Waals surface area contributed by atoms with Crippen LogP contribution in [-0.4, -0.2) is 113 Å². The number of ether oxygens (including phenoxy) is 4. The predicted molar refractivity (Wildman–Crippen MR) is 152 cm³/mol. The first kappa shape index (κ1) is 59.2. The Morgan fingerprint density at radius 1 is 0.391 bits per heavy atom. The summed E-state index contributed by atoms with van der Waals surface area (Å²) in [6.45, 7) is -0.693. The molecule has 243 valence electrons. The summed E-state index contributed by atoms with van der Waals surface area (Å²) in [5.74, 6) is 2.09. The smallest absolute Gasteiger partial charge is 0.119 e. The fraction of sp³-hybridized carbons (Fsp3) is 0.400. The number of benzene rings is 3. The topological polar surface area (TPSA) is 179 Å². The van der Waals surface area contributed by atoms with Crippen LogP contribution in [0.3, 0.4) is 0 Å². The minimum absolute atomic E-state index is 0.